The van der Waals surface area contributed by atoms with Gasteiger partial charge in [-0.05, 0) is 0 Å². The Hall–Kier alpha value is 2.54. The molecule has 0 unspecified atom stereocenters. The molecule has 0 bridgehead atoms. The van der Waals surface area contributed by atoms with Gasteiger partial charge in [0, 0.05) is 0 Å². The predicted octanol–water partition coefficient (Wildman–Crippen LogP) is 8.39. The van der Waals surface area contributed by atoms with Crippen LogP contribution in [0.25, 0.3) is 0 Å². The van der Waals surface area contributed by atoms with Crippen LogP contribution in [0.1, 0.15) is 0 Å². The first-order chi connectivity index (χ1) is 10.7. The standard InChI is InChI=1S/2C10H27Si3.Lu/c2*1-11(2,3)10(12(4,5)6)13(7,8)9;/h2*1-9H3;/q2*-1;+3. The third-order valence-corrected chi connectivity index (χ3v) is 40.5. The third-order valence-electron chi connectivity index (χ3n) is 4.50. The van der Waals surface area contributed by atoms with E-state index < -0.39 is 48.4 Å². The molecule has 0 fully saturated rings. The van der Waals surface area contributed by atoms with E-state index in [4.69, 9.17) is 0 Å². The van der Waals surface area contributed by atoms with Crippen LogP contribution in [0.4, 0.5) is 0 Å². The molecule has 0 N–H and O–H groups in total. The van der Waals surface area contributed by atoms with E-state index in [1.54, 1.807) is 0 Å². The van der Waals surface area contributed by atoms with Crippen molar-refractivity contribution in [2.75, 3.05) is 0 Å². The first-order valence-corrected chi connectivity index (χ1v) is 31.5. The largest absolute Gasteiger partial charge is 3.00 e. The summed E-state index contributed by atoms with van der Waals surface area (Å²) < 4.78 is 0. The number of hydrogen-bond donors (Lipinski definition) is 0. The SMILES string of the molecule is C[Si](C)(C)[C-]([Si](C)(C)C)[Si](C)(C)C.C[Si](C)(C)[C-]([Si](C)(C)C)[Si](C)(C)C.[Lu+3]. The number of rotatable bonds is 6. The molecule has 0 aromatic rings. The zero-order valence-electron chi connectivity index (χ0n) is 22.3. The van der Waals surface area contributed by atoms with Crippen molar-refractivity contribution >= 4 is 48.4 Å². The fourth-order valence-electron chi connectivity index (χ4n) is 6.75. The van der Waals surface area contributed by atoms with Crippen molar-refractivity contribution < 1.29 is 36.9 Å². The molecule has 0 aliphatic carbocycles. The zero-order valence-corrected chi connectivity index (χ0v) is 29.9. The summed E-state index contributed by atoms with van der Waals surface area (Å²) in [5, 5.41) is 0. The Bertz CT molecular complexity index is 314. The molecule has 0 aromatic carbocycles. The van der Waals surface area contributed by atoms with Crippen molar-refractivity contribution in [2.45, 2.75) is 118 Å². The van der Waals surface area contributed by atoms with E-state index in [1.165, 1.54) is 0 Å². The van der Waals surface area contributed by atoms with Crippen LogP contribution in [0.3, 0.4) is 0 Å². The van der Waals surface area contributed by atoms with E-state index in [-0.39, 0.29) is 36.9 Å². The Balaban J connectivity index is -0.000000411. The van der Waals surface area contributed by atoms with E-state index in [1.807, 2.05) is 0 Å². The van der Waals surface area contributed by atoms with Gasteiger partial charge in [-0.25, -0.2) is 0 Å². The van der Waals surface area contributed by atoms with Gasteiger partial charge in [0.15, 0.2) is 0 Å². The molecule has 172 valence electrons. The van der Waals surface area contributed by atoms with Crippen LogP contribution < -0.4 is 0 Å². The molecule has 0 spiro atoms. The first-order valence-electron chi connectivity index (χ1n) is 10.5. The molecule has 0 nitrogen and oxygen atoms in total. The van der Waals surface area contributed by atoms with E-state index >= 15 is 0 Å². The van der Waals surface area contributed by atoms with Crippen molar-refractivity contribution in [3.8, 4) is 0 Å². The van der Waals surface area contributed by atoms with Crippen molar-refractivity contribution in [3.05, 3.63) is 9.58 Å². The molecule has 7 heteroatoms. The van der Waals surface area contributed by atoms with E-state index in [0.29, 0.717) is 0 Å². The second kappa shape index (κ2) is 10.9. The van der Waals surface area contributed by atoms with Gasteiger partial charge in [-0.3, -0.25) is 0 Å². The molecule has 0 rings (SSSR count). The van der Waals surface area contributed by atoms with Gasteiger partial charge in [-0.15, -0.1) is 48.4 Å². The average Bonchev–Trinajstić information content (AvgIpc) is 1.97. The minimum absolute atomic E-state index is 0. The summed E-state index contributed by atoms with van der Waals surface area (Å²) in [5.74, 6) is 0. The fourth-order valence-corrected chi connectivity index (χ4v) is 60.8. The maximum Gasteiger partial charge on any atom is 3.00 e. The Kier molecular flexibility index (Phi) is 13.8. The van der Waals surface area contributed by atoms with E-state index in [0.717, 1.165) is 0 Å². The Morgan fingerprint density at radius 1 is 0.259 bits per heavy atom. The van der Waals surface area contributed by atoms with E-state index in [9.17, 15) is 0 Å². The quantitative estimate of drug-likeness (QED) is 0.203. The van der Waals surface area contributed by atoms with Crippen LogP contribution in [0.5, 0.6) is 0 Å². The van der Waals surface area contributed by atoms with Gasteiger partial charge in [0.2, 0.25) is 0 Å². The second-order valence-corrected chi connectivity index (χ2v) is 47.2. The molecule has 0 atom stereocenters. The summed E-state index contributed by atoms with van der Waals surface area (Å²) in [6.45, 7) is 45.5. The zero-order chi connectivity index (χ0) is 22.2. The van der Waals surface area contributed by atoms with Crippen LogP contribution >= 0.6 is 0 Å². The Morgan fingerprint density at radius 3 is 0.333 bits per heavy atom. The molecule has 0 aliphatic heterocycles. The van der Waals surface area contributed by atoms with Crippen molar-refractivity contribution in [1.82, 2.24) is 0 Å². The maximum absolute atomic E-state index is 2.53. The number of hydrogen-bond acceptors (Lipinski definition) is 0. The minimum Gasteiger partial charge on any atom is -0.311 e. The molecule has 0 heterocycles. The van der Waals surface area contributed by atoms with Crippen molar-refractivity contribution in [2.24, 2.45) is 0 Å². The fraction of sp³-hybridized carbons (Fsp3) is 0.900. The molecule has 0 saturated heterocycles. The van der Waals surface area contributed by atoms with Crippen LogP contribution in [0.15, 0.2) is 0 Å². The topological polar surface area (TPSA) is 0 Å². The predicted molar refractivity (Wildman–Crippen MR) is 147 cm³/mol. The maximum atomic E-state index is 2.53. The van der Waals surface area contributed by atoms with Gasteiger partial charge in [0.25, 0.3) is 0 Å². The van der Waals surface area contributed by atoms with Crippen LogP contribution in [0.2, 0.25) is 118 Å². The van der Waals surface area contributed by atoms with Crippen LogP contribution in [-0.2, 0) is 0 Å². The third kappa shape index (κ3) is 13.5. The molecule has 0 aromatic heterocycles. The second-order valence-electron chi connectivity index (χ2n) is 14.2. The molecule has 27 heavy (non-hydrogen) atoms. The van der Waals surface area contributed by atoms with E-state index in [2.05, 4.69) is 127 Å². The monoisotopic (exact) mass is 637 g/mol. The minimum atomic E-state index is -1.02. The normalized spacial score (nSPS) is 14.7. The smallest absolute Gasteiger partial charge is 0.311 e. The molecule has 0 amide bonds. The summed E-state index contributed by atoms with van der Waals surface area (Å²) in [7, 11) is -6.10. The van der Waals surface area contributed by atoms with Gasteiger partial charge in [0.05, 0.1) is 0 Å². The Morgan fingerprint density at radius 2 is 0.333 bits per heavy atom. The Labute approximate surface area is 210 Å². The van der Waals surface area contributed by atoms with Crippen molar-refractivity contribution in [1.29, 1.82) is 0 Å². The summed E-state index contributed by atoms with van der Waals surface area (Å²) in [5.41, 5.74) is 0. The van der Waals surface area contributed by atoms with Crippen LogP contribution in [0, 0.1) is 46.5 Å². The van der Waals surface area contributed by atoms with Gasteiger partial charge in [-0.1, -0.05) is 118 Å². The summed E-state index contributed by atoms with van der Waals surface area (Å²) in [6, 6.07) is 0. The molecule has 0 saturated carbocycles. The summed E-state index contributed by atoms with van der Waals surface area (Å²) in [4.78, 5) is 4.12. The summed E-state index contributed by atoms with van der Waals surface area (Å²) in [6.07, 6.45) is 0. The van der Waals surface area contributed by atoms with Gasteiger partial charge >= 0.3 is 36.9 Å². The molecule has 0 radical (unpaired) electrons. The molecular weight excluding hydrogens is 584 g/mol. The average molecular weight is 638 g/mol. The molecule has 0 aliphatic rings. The van der Waals surface area contributed by atoms with Gasteiger partial charge in [0.1, 0.15) is 0 Å². The summed E-state index contributed by atoms with van der Waals surface area (Å²) >= 11 is 0. The van der Waals surface area contributed by atoms with Gasteiger partial charge in [-0.2, -0.15) is 0 Å². The first kappa shape index (κ1) is 34.2. The van der Waals surface area contributed by atoms with Crippen LogP contribution in [-0.4, -0.2) is 48.4 Å². The van der Waals surface area contributed by atoms with Crippen molar-refractivity contribution in [3.63, 3.8) is 0 Å². The van der Waals surface area contributed by atoms with Gasteiger partial charge < -0.3 is 9.58 Å². The molecular formula is C20H54LuSi6+.